The van der Waals surface area contributed by atoms with Gasteiger partial charge in [0.2, 0.25) is 0 Å². The number of rotatable bonds is 5. The van der Waals surface area contributed by atoms with E-state index < -0.39 is 0 Å². The molecule has 12 aromatic rings. The lowest BCUT2D eigenvalue weighted by molar-refractivity contribution is 1.18. The third-order valence-electron chi connectivity index (χ3n) is 12.0. The molecular weight excluding hydrogens is 715 g/mol. The van der Waals surface area contributed by atoms with E-state index in [4.69, 9.17) is 9.97 Å². The van der Waals surface area contributed by atoms with Crippen molar-refractivity contribution in [3.05, 3.63) is 212 Å². The Labute approximate surface area is 341 Å². The van der Waals surface area contributed by atoms with Crippen LogP contribution in [0.3, 0.4) is 0 Å². The van der Waals surface area contributed by atoms with Crippen LogP contribution in [0.2, 0.25) is 0 Å². The highest BCUT2D eigenvalue weighted by molar-refractivity contribution is 6.29. The maximum absolute atomic E-state index is 5.31. The zero-order valence-corrected chi connectivity index (χ0v) is 32.0. The largest absolute Gasteiger partial charge is 0.309 e. The number of benzene rings is 10. The second-order valence-electron chi connectivity index (χ2n) is 15.3. The van der Waals surface area contributed by atoms with Gasteiger partial charge in [-0.15, -0.1) is 0 Å². The van der Waals surface area contributed by atoms with Crippen LogP contribution < -0.4 is 0 Å². The van der Waals surface area contributed by atoms with E-state index in [1.54, 1.807) is 0 Å². The normalized spacial score (nSPS) is 11.7. The Balaban J connectivity index is 1.10. The highest BCUT2D eigenvalue weighted by Crippen LogP contribution is 2.43. The van der Waals surface area contributed by atoms with E-state index in [9.17, 15) is 0 Å². The van der Waals surface area contributed by atoms with Gasteiger partial charge in [-0.1, -0.05) is 170 Å². The summed E-state index contributed by atoms with van der Waals surface area (Å²) in [5.74, 6) is 0.709. The van der Waals surface area contributed by atoms with Gasteiger partial charge in [0.15, 0.2) is 5.82 Å². The molecule has 274 valence electrons. The fourth-order valence-electron chi connectivity index (χ4n) is 9.20. The minimum atomic E-state index is 0.709. The van der Waals surface area contributed by atoms with Gasteiger partial charge in [-0.2, -0.15) is 0 Å². The van der Waals surface area contributed by atoms with Gasteiger partial charge in [0.1, 0.15) is 0 Å². The van der Waals surface area contributed by atoms with E-state index in [2.05, 4.69) is 193 Å². The Morgan fingerprint density at radius 1 is 0.305 bits per heavy atom. The molecule has 0 saturated heterocycles. The lowest BCUT2D eigenvalue weighted by Crippen LogP contribution is -1.97. The van der Waals surface area contributed by atoms with Gasteiger partial charge < -0.3 is 4.57 Å². The summed E-state index contributed by atoms with van der Waals surface area (Å²) in [6, 6.07) is 76.4. The SMILES string of the molecule is c1ccc(-c2cc(-c3cccc4c5ccccc5c5ccc(-c6ccc7c(c6)c6ccccc6n7-c6ccc7ccccc7c6)cc5c34)nc(-c3ccccc3)n2)cc1. The summed E-state index contributed by atoms with van der Waals surface area (Å²) in [5, 5.41) is 12.2. The number of hydrogen-bond acceptors (Lipinski definition) is 2. The smallest absolute Gasteiger partial charge is 0.160 e. The minimum Gasteiger partial charge on any atom is -0.309 e. The standard InChI is InChI=1S/C56H35N3/c1-3-15-37(16-4-1)51-35-52(58-56(57-51)38-17-5-2-6-18-38)48-24-13-23-47-44-21-10-9-20-43(44)45-30-27-40(34-50(45)55(47)48)41-28-31-54-49(33-41)46-22-11-12-25-53(46)59(54)42-29-26-36-14-7-8-19-39(36)32-42/h1-35H. The van der Waals surface area contributed by atoms with E-state index in [1.165, 1.54) is 76.0 Å². The molecule has 0 spiro atoms. The first-order chi connectivity index (χ1) is 29.2. The minimum absolute atomic E-state index is 0.709. The maximum atomic E-state index is 5.31. The topological polar surface area (TPSA) is 30.7 Å². The van der Waals surface area contributed by atoms with Crippen LogP contribution in [-0.2, 0) is 0 Å². The molecule has 12 rings (SSSR count). The molecule has 3 nitrogen and oxygen atoms in total. The van der Waals surface area contributed by atoms with Gasteiger partial charge in [-0.3, -0.25) is 0 Å². The van der Waals surface area contributed by atoms with Gasteiger partial charge in [0, 0.05) is 33.2 Å². The number of nitrogens with zero attached hydrogens (tertiary/aromatic N) is 3. The molecule has 0 radical (unpaired) electrons. The summed E-state index contributed by atoms with van der Waals surface area (Å²) in [5.41, 5.74) is 10.8. The second kappa shape index (κ2) is 13.4. The van der Waals surface area contributed by atoms with Crippen LogP contribution in [0.1, 0.15) is 0 Å². The van der Waals surface area contributed by atoms with Crippen molar-refractivity contribution in [2.24, 2.45) is 0 Å². The van der Waals surface area contributed by atoms with Crippen LogP contribution in [0.15, 0.2) is 212 Å². The summed E-state index contributed by atoms with van der Waals surface area (Å²) >= 11 is 0. The van der Waals surface area contributed by atoms with E-state index in [-0.39, 0.29) is 0 Å². The molecule has 0 saturated carbocycles. The summed E-state index contributed by atoms with van der Waals surface area (Å²) in [6.45, 7) is 0. The molecule has 0 bridgehead atoms. The molecule has 10 aromatic carbocycles. The fraction of sp³-hybridized carbons (Fsp3) is 0. The van der Waals surface area contributed by atoms with Crippen molar-refractivity contribution in [3.8, 4) is 50.7 Å². The number of aromatic nitrogens is 3. The molecule has 0 N–H and O–H groups in total. The van der Waals surface area contributed by atoms with Crippen LogP contribution in [0, 0.1) is 0 Å². The summed E-state index contributed by atoms with van der Waals surface area (Å²) in [7, 11) is 0. The summed E-state index contributed by atoms with van der Waals surface area (Å²) in [6.07, 6.45) is 0. The summed E-state index contributed by atoms with van der Waals surface area (Å²) < 4.78 is 2.41. The monoisotopic (exact) mass is 749 g/mol. The Morgan fingerprint density at radius 2 is 0.898 bits per heavy atom. The molecular formula is C56H35N3. The van der Waals surface area contributed by atoms with Gasteiger partial charge in [0.05, 0.1) is 22.4 Å². The van der Waals surface area contributed by atoms with Crippen LogP contribution in [0.25, 0.3) is 116 Å². The molecule has 3 heteroatoms. The zero-order chi connectivity index (χ0) is 38.9. The highest BCUT2D eigenvalue weighted by Gasteiger charge is 2.18. The fourth-order valence-corrected chi connectivity index (χ4v) is 9.20. The van der Waals surface area contributed by atoms with Gasteiger partial charge >= 0.3 is 0 Å². The average Bonchev–Trinajstić information content (AvgIpc) is 3.65. The lowest BCUT2D eigenvalue weighted by Gasteiger charge is -2.16. The first kappa shape index (κ1) is 33.3. The number of fused-ring (bicyclic) bond motifs is 10. The third kappa shape index (κ3) is 5.44. The Bertz CT molecular complexity index is 3550. The predicted octanol–water partition coefficient (Wildman–Crippen LogP) is 14.9. The molecule has 0 fully saturated rings. The van der Waals surface area contributed by atoms with Crippen molar-refractivity contribution in [1.29, 1.82) is 0 Å². The number of hydrogen-bond donors (Lipinski definition) is 0. The van der Waals surface area contributed by atoms with Crippen LogP contribution in [-0.4, -0.2) is 14.5 Å². The van der Waals surface area contributed by atoms with Gasteiger partial charge in [-0.25, -0.2) is 9.97 Å². The lowest BCUT2D eigenvalue weighted by atomic mass is 9.89. The highest BCUT2D eigenvalue weighted by atomic mass is 15.0. The quantitative estimate of drug-likeness (QED) is 0.164. The third-order valence-corrected chi connectivity index (χ3v) is 12.0. The Morgan fingerprint density at radius 3 is 1.71 bits per heavy atom. The predicted molar refractivity (Wildman–Crippen MR) is 248 cm³/mol. The van der Waals surface area contributed by atoms with E-state index >= 15 is 0 Å². The Hall–Kier alpha value is -7.88. The van der Waals surface area contributed by atoms with Crippen molar-refractivity contribution in [3.63, 3.8) is 0 Å². The number of para-hydroxylation sites is 1. The molecule has 0 unspecified atom stereocenters. The van der Waals surface area contributed by atoms with E-state index in [0.29, 0.717) is 5.82 Å². The Kier molecular flexibility index (Phi) is 7.54. The van der Waals surface area contributed by atoms with Gasteiger partial charge in [0.25, 0.3) is 0 Å². The molecule has 0 aliphatic rings. The van der Waals surface area contributed by atoms with E-state index in [0.717, 1.165) is 33.8 Å². The van der Waals surface area contributed by atoms with Gasteiger partial charge in [-0.05, 0) is 96.7 Å². The first-order valence-electron chi connectivity index (χ1n) is 20.2. The van der Waals surface area contributed by atoms with Crippen LogP contribution in [0.4, 0.5) is 0 Å². The van der Waals surface area contributed by atoms with Crippen molar-refractivity contribution in [2.45, 2.75) is 0 Å². The van der Waals surface area contributed by atoms with Crippen molar-refractivity contribution >= 4 is 64.9 Å². The molecule has 2 heterocycles. The molecule has 0 amide bonds. The molecule has 0 aliphatic heterocycles. The molecule has 59 heavy (non-hydrogen) atoms. The maximum Gasteiger partial charge on any atom is 0.160 e. The van der Waals surface area contributed by atoms with Crippen molar-refractivity contribution < 1.29 is 0 Å². The summed E-state index contributed by atoms with van der Waals surface area (Å²) in [4.78, 5) is 10.4. The van der Waals surface area contributed by atoms with Crippen molar-refractivity contribution in [2.75, 3.05) is 0 Å². The first-order valence-corrected chi connectivity index (χ1v) is 20.2. The molecule has 2 aromatic heterocycles. The average molecular weight is 750 g/mol. The molecule has 0 aliphatic carbocycles. The molecule has 0 atom stereocenters. The van der Waals surface area contributed by atoms with E-state index in [1.807, 2.05) is 24.3 Å². The van der Waals surface area contributed by atoms with Crippen LogP contribution in [0.5, 0.6) is 0 Å². The second-order valence-corrected chi connectivity index (χ2v) is 15.3. The van der Waals surface area contributed by atoms with Crippen molar-refractivity contribution in [1.82, 2.24) is 14.5 Å². The zero-order valence-electron chi connectivity index (χ0n) is 32.0. The van der Waals surface area contributed by atoms with Crippen LogP contribution >= 0.6 is 0 Å².